The number of halogens is 1. The molecule has 0 saturated heterocycles. The first-order chi connectivity index (χ1) is 14.5. The Morgan fingerprint density at radius 1 is 1.27 bits per heavy atom. The molecule has 0 spiro atoms. The minimum absolute atomic E-state index is 0.0597. The Bertz CT molecular complexity index is 870. The molecule has 1 aromatic heterocycles. The van der Waals surface area contributed by atoms with Crippen molar-refractivity contribution in [1.82, 2.24) is 15.3 Å². The van der Waals surface area contributed by atoms with Gasteiger partial charge < -0.3 is 15.4 Å². The Morgan fingerprint density at radius 3 is 2.73 bits per heavy atom. The molecule has 2 N–H and O–H groups in total. The summed E-state index contributed by atoms with van der Waals surface area (Å²) in [4.78, 5) is 34.1. The van der Waals surface area contributed by atoms with Crippen LogP contribution in [-0.4, -0.2) is 52.7 Å². The lowest BCUT2D eigenvalue weighted by atomic mass is 10.2. The molecule has 10 heteroatoms. The maximum absolute atomic E-state index is 12.9. The summed E-state index contributed by atoms with van der Waals surface area (Å²) < 4.78 is 5.28. The number of thioether (sulfide) groups is 2. The molecule has 162 valence electrons. The van der Waals surface area contributed by atoms with Crippen molar-refractivity contribution < 1.29 is 14.3 Å². The summed E-state index contributed by atoms with van der Waals surface area (Å²) in [6.45, 7) is 2.05. The number of carbonyl (C=O) groups is 2. The van der Waals surface area contributed by atoms with Crippen LogP contribution in [0.4, 0.5) is 5.69 Å². The number of para-hydroxylation sites is 2. The molecule has 1 atom stereocenters. The lowest BCUT2D eigenvalue weighted by Gasteiger charge is -2.19. The zero-order valence-corrected chi connectivity index (χ0v) is 19.5. The van der Waals surface area contributed by atoms with Crippen LogP contribution in [0.5, 0.6) is 5.75 Å². The number of nitrogens with one attached hydrogen (secondary N) is 2. The summed E-state index contributed by atoms with van der Waals surface area (Å²) in [5.41, 5.74) is 0.594. The summed E-state index contributed by atoms with van der Waals surface area (Å²) in [5.74, 6) is 1.21. The Morgan fingerprint density at radius 2 is 2.03 bits per heavy atom. The van der Waals surface area contributed by atoms with Gasteiger partial charge in [0, 0.05) is 5.75 Å². The van der Waals surface area contributed by atoms with Crippen LogP contribution in [0.1, 0.15) is 30.3 Å². The average Bonchev–Trinajstić information content (AvgIpc) is 2.76. The van der Waals surface area contributed by atoms with E-state index in [9.17, 15) is 9.59 Å². The third-order valence-corrected chi connectivity index (χ3v) is 5.96. The maximum atomic E-state index is 12.9. The highest BCUT2D eigenvalue weighted by molar-refractivity contribution is 7.99. The minimum atomic E-state index is -0.757. The minimum Gasteiger partial charge on any atom is -0.495 e. The molecule has 1 aromatic carbocycles. The van der Waals surface area contributed by atoms with E-state index in [1.807, 2.05) is 19.2 Å². The van der Waals surface area contributed by atoms with Crippen molar-refractivity contribution in [2.45, 2.75) is 31.0 Å². The van der Waals surface area contributed by atoms with Gasteiger partial charge in [-0.25, -0.2) is 9.97 Å². The smallest absolute Gasteiger partial charge is 0.272 e. The van der Waals surface area contributed by atoms with Crippen molar-refractivity contribution in [3.05, 3.63) is 41.2 Å². The molecule has 0 aliphatic carbocycles. The van der Waals surface area contributed by atoms with Crippen LogP contribution in [-0.2, 0) is 4.79 Å². The molecule has 7 nitrogen and oxygen atoms in total. The first-order valence-corrected chi connectivity index (χ1v) is 12.1. The highest BCUT2D eigenvalue weighted by atomic mass is 35.5. The highest BCUT2D eigenvalue weighted by Gasteiger charge is 2.24. The molecule has 0 radical (unpaired) electrons. The van der Waals surface area contributed by atoms with E-state index in [1.54, 1.807) is 30.0 Å². The van der Waals surface area contributed by atoms with E-state index in [4.69, 9.17) is 16.3 Å². The second kappa shape index (κ2) is 12.7. The van der Waals surface area contributed by atoms with Crippen molar-refractivity contribution in [3.8, 4) is 5.75 Å². The second-order valence-electron chi connectivity index (χ2n) is 6.19. The predicted octanol–water partition coefficient (Wildman–Crippen LogP) is 4.13. The Balaban J connectivity index is 2.17. The number of amides is 2. The molecule has 0 aliphatic rings. The molecule has 0 aliphatic heterocycles. The summed E-state index contributed by atoms with van der Waals surface area (Å²) >= 11 is 9.18. The summed E-state index contributed by atoms with van der Waals surface area (Å²) in [6.07, 6.45) is 4.76. The molecule has 0 unspecified atom stereocenters. The van der Waals surface area contributed by atoms with Gasteiger partial charge in [-0.2, -0.15) is 11.8 Å². The van der Waals surface area contributed by atoms with E-state index >= 15 is 0 Å². The average molecular weight is 469 g/mol. The van der Waals surface area contributed by atoms with Gasteiger partial charge in [0.15, 0.2) is 10.9 Å². The molecular formula is C20H25ClN4O3S2. The van der Waals surface area contributed by atoms with Gasteiger partial charge in [-0.05, 0) is 37.0 Å². The number of hydrogen-bond donors (Lipinski definition) is 2. The topological polar surface area (TPSA) is 93.2 Å². The molecule has 2 amide bonds. The second-order valence-corrected chi connectivity index (χ2v) is 8.65. The molecule has 2 rings (SSSR count). The van der Waals surface area contributed by atoms with Gasteiger partial charge in [-0.3, -0.25) is 9.59 Å². The number of nitrogens with zero attached hydrogens (tertiary/aromatic N) is 2. The number of aromatic nitrogens is 2. The number of ether oxygens (including phenoxy) is 1. The lowest BCUT2D eigenvalue weighted by Crippen LogP contribution is -2.44. The van der Waals surface area contributed by atoms with Crippen LogP contribution >= 0.6 is 35.1 Å². The first-order valence-electron chi connectivity index (χ1n) is 9.39. The fourth-order valence-corrected chi connectivity index (χ4v) is 3.79. The van der Waals surface area contributed by atoms with Gasteiger partial charge >= 0.3 is 0 Å². The van der Waals surface area contributed by atoms with Crippen LogP contribution < -0.4 is 15.4 Å². The zero-order valence-electron chi connectivity index (χ0n) is 17.1. The van der Waals surface area contributed by atoms with Crippen molar-refractivity contribution in [1.29, 1.82) is 0 Å². The number of hydrogen-bond acceptors (Lipinski definition) is 7. The predicted molar refractivity (Wildman–Crippen MR) is 124 cm³/mol. The number of rotatable bonds is 11. The SMILES string of the molecule is CCCSc1ncc(Cl)c(C(=O)N[C@@H](CCSC)C(=O)Nc2ccccc2OC)n1. The fraction of sp³-hybridized carbons (Fsp3) is 0.400. The van der Waals surface area contributed by atoms with E-state index in [1.165, 1.54) is 25.1 Å². The number of benzene rings is 1. The van der Waals surface area contributed by atoms with Gasteiger partial charge in [0.2, 0.25) is 5.91 Å². The van der Waals surface area contributed by atoms with Gasteiger partial charge in [0.25, 0.3) is 5.91 Å². The van der Waals surface area contributed by atoms with Gasteiger partial charge in [0.1, 0.15) is 11.8 Å². The fourth-order valence-electron chi connectivity index (χ4n) is 2.47. The van der Waals surface area contributed by atoms with Crippen molar-refractivity contribution >= 4 is 52.6 Å². The van der Waals surface area contributed by atoms with E-state index in [0.717, 1.165) is 12.2 Å². The Kier molecular flexibility index (Phi) is 10.3. The van der Waals surface area contributed by atoms with Crippen LogP contribution in [0.3, 0.4) is 0 Å². The van der Waals surface area contributed by atoms with Gasteiger partial charge in [0.05, 0.1) is 24.0 Å². The highest BCUT2D eigenvalue weighted by Crippen LogP contribution is 2.24. The largest absolute Gasteiger partial charge is 0.495 e. The van der Waals surface area contributed by atoms with Crippen LogP contribution in [0, 0.1) is 0 Å². The van der Waals surface area contributed by atoms with E-state index in [0.29, 0.717) is 28.8 Å². The standard InChI is InChI=1S/C20H25ClN4O3S2/c1-4-10-30-20-22-12-13(21)17(25-20)19(27)24-15(9-11-29-3)18(26)23-14-7-5-6-8-16(14)28-2/h5-8,12,15H,4,9-11H2,1-3H3,(H,23,26)(H,24,27)/t15-/m0/s1. The Labute approximate surface area is 190 Å². The monoisotopic (exact) mass is 468 g/mol. The molecule has 30 heavy (non-hydrogen) atoms. The number of anilines is 1. The number of carbonyl (C=O) groups excluding carboxylic acids is 2. The van der Waals surface area contributed by atoms with Crippen molar-refractivity contribution in [2.24, 2.45) is 0 Å². The molecule has 0 saturated carbocycles. The van der Waals surface area contributed by atoms with Crippen LogP contribution in [0.2, 0.25) is 5.02 Å². The molecular weight excluding hydrogens is 444 g/mol. The first kappa shape index (κ1) is 24.3. The van der Waals surface area contributed by atoms with Gasteiger partial charge in [-0.1, -0.05) is 42.4 Å². The molecule has 1 heterocycles. The van der Waals surface area contributed by atoms with Gasteiger partial charge in [-0.15, -0.1) is 0 Å². The van der Waals surface area contributed by atoms with Crippen molar-refractivity contribution in [2.75, 3.05) is 30.2 Å². The quantitative estimate of drug-likeness (QED) is 0.378. The summed E-state index contributed by atoms with van der Waals surface area (Å²) in [6, 6.07) is 6.34. The van der Waals surface area contributed by atoms with Crippen molar-refractivity contribution in [3.63, 3.8) is 0 Å². The molecule has 2 aromatic rings. The number of methoxy groups -OCH3 is 1. The lowest BCUT2D eigenvalue weighted by molar-refractivity contribution is -0.118. The van der Waals surface area contributed by atoms with Crippen LogP contribution in [0.25, 0.3) is 0 Å². The zero-order chi connectivity index (χ0) is 21.9. The van der Waals surface area contributed by atoms with E-state index < -0.39 is 11.9 Å². The molecule has 0 fully saturated rings. The summed E-state index contributed by atoms with van der Waals surface area (Å²) in [7, 11) is 1.53. The third kappa shape index (κ3) is 7.07. The third-order valence-electron chi connectivity index (χ3n) is 3.97. The summed E-state index contributed by atoms with van der Waals surface area (Å²) in [5, 5.41) is 6.20. The normalized spacial score (nSPS) is 11.6. The maximum Gasteiger partial charge on any atom is 0.272 e. The van der Waals surface area contributed by atoms with Crippen LogP contribution in [0.15, 0.2) is 35.6 Å². The van der Waals surface area contributed by atoms with E-state index in [2.05, 4.69) is 20.6 Å². The Hall–Kier alpha value is -1.97. The van der Waals surface area contributed by atoms with E-state index in [-0.39, 0.29) is 16.6 Å². The molecule has 0 bridgehead atoms.